The summed E-state index contributed by atoms with van der Waals surface area (Å²) in [6, 6.07) is 7.58. The molecule has 0 amide bonds. The standard InChI is InChI=1S/C10H10ClN3S/c11-8-3-1-7(2-4-8)10-14-13-9(15-10)5-6-12/h1-4H,5-6,12H2. The molecule has 0 fully saturated rings. The average molecular weight is 240 g/mol. The summed E-state index contributed by atoms with van der Waals surface area (Å²) in [5.41, 5.74) is 6.49. The van der Waals surface area contributed by atoms with E-state index in [-0.39, 0.29) is 0 Å². The van der Waals surface area contributed by atoms with Crippen LogP contribution in [0.5, 0.6) is 0 Å². The molecule has 0 atom stereocenters. The highest BCUT2D eigenvalue weighted by Crippen LogP contribution is 2.24. The van der Waals surface area contributed by atoms with Crippen molar-refractivity contribution in [1.29, 1.82) is 0 Å². The number of aromatic nitrogens is 2. The predicted molar refractivity (Wildman–Crippen MR) is 63.1 cm³/mol. The molecule has 78 valence electrons. The van der Waals surface area contributed by atoms with Crippen molar-refractivity contribution in [2.75, 3.05) is 6.54 Å². The predicted octanol–water partition coefficient (Wildman–Crippen LogP) is 2.36. The van der Waals surface area contributed by atoms with E-state index in [1.54, 1.807) is 11.3 Å². The van der Waals surface area contributed by atoms with Crippen molar-refractivity contribution in [3.63, 3.8) is 0 Å². The normalized spacial score (nSPS) is 10.5. The minimum atomic E-state index is 0.606. The van der Waals surface area contributed by atoms with E-state index in [2.05, 4.69) is 10.2 Å². The van der Waals surface area contributed by atoms with Gasteiger partial charge < -0.3 is 5.73 Å². The van der Waals surface area contributed by atoms with Crippen LogP contribution in [0.25, 0.3) is 10.6 Å². The summed E-state index contributed by atoms with van der Waals surface area (Å²) >= 11 is 7.38. The molecule has 0 radical (unpaired) electrons. The highest BCUT2D eigenvalue weighted by molar-refractivity contribution is 7.14. The van der Waals surface area contributed by atoms with Crippen molar-refractivity contribution in [2.45, 2.75) is 6.42 Å². The molecule has 1 aromatic heterocycles. The Morgan fingerprint density at radius 3 is 2.60 bits per heavy atom. The molecule has 0 unspecified atom stereocenters. The van der Waals surface area contributed by atoms with Crippen LogP contribution in [-0.4, -0.2) is 16.7 Å². The van der Waals surface area contributed by atoms with Gasteiger partial charge in [0.15, 0.2) is 0 Å². The summed E-state index contributed by atoms with van der Waals surface area (Å²) in [6.45, 7) is 0.606. The van der Waals surface area contributed by atoms with E-state index in [0.29, 0.717) is 6.54 Å². The summed E-state index contributed by atoms with van der Waals surface area (Å²) in [4.78, 5) is 0. The van der Waals surface area contributed by atoms with Gasteiger partial charge in [0.25, 0.3) is 0 Å². The molecule has 5 heteroatoms. The number of rotatable bonds is 3. The molecule has 0 saturated carbocycles. The van der Waals surface area contributed by atoms with Crippen LogP contribution in [0.15, 0.2) is 24.3 Å². The molecule has 1 heterocycles. The fourth-order valence-corrected chi connectivity index (χ4v) is 2.17. The summed E-state index contributed by atoms with van der Waals surface area (Å²) in [6.07, 6.45) is 0.783. The Kier molecular flexibility index (Phi) is 3.30. The molecule has 0 aliphatic heterocycles. The number of hydrogen-bond donors (Lipinski definition) is 1. The smallest absolute Gasteiger partial charge is 0.147 e. The summed E-state index contributed by atoms with van der Waals surface area (Å²) < 4.78 is 0. The fraction of sp³-hybridized carbons (Fsp3) is 0.200. The number of nitrogens with zero attached hydrogens (tertiary/aromatic N) is 2. The van der Waals surface area contributed by atoms with Gasteiger partial charge in [-0.1, -0.05) is 35.1 Å². The molecule has 15 heavy (non-hydrogen) atoms. The second-order valence-corrected chi connectivity index (χ2v) is 4.55. The number of nitrogens with two attached hydrogens (primary N) is 1. The molecule has 2 N–H and O–H groups in total. The zero-order valence-corrected chi connectivity index (χ0v) is 9.55. The first kappa shape index (κ1) is 10.5. The lowest BCUT2D eigenvalue weighted by Crippen LogP contribution is -2.01. The molecule has 0 aliphatic rings. The lowest BCUT2D eigenvalue weighted by Gasteiger charge is -1.94. The van der Waals surface area contributed by atoms with Crippen LogP contribution in [0, 0.1) is 0 Å². The van der Waals surface area contributed by atoms with Gasteiger partial charge in [0.1, 0.15) is 10.0 Å². The Balaban J connectivity index is 2.25. The van der Waals surface area contributed by atoms with E-state index < -0.39 is 0 Å². The second-order valence-electron chi connectivity index (χ2n) is 3.05. The molecular weight excluding hydrogens is 230 g/mol. The van der Waals surface area contributed by atoms with Gasteiger partial charge in [-0.25, -0.2) is 0 Å². The third-order valence-electron chi connectivity index (χ3n) is 1.92. The highest BCUT2D eigenvalue weighted by atomic mass is 35.5. The highest BCUT2D eigenvalue weighted by Gasteiger charge is 2.05. The van der Waals surface area contributed by atoms with Crippen LogP contribution in [-0.2, 0) is 6.42 Å². The lowest BCUT2D eigenvalue weighted by atomic mass is 10.2. The SMILES string of the molecule is NCCc1nnc(-c2ccc(Cl)cc2)s1. The molecule has 0 bridgehead atoms. The lowest BCUT2D eigenvalue weighted by molar-refractivity contribution is 0.913. The Bertz CT molecular complexity index is 438. The number of benzene rings is 1. The molecule has 0 saturated heterocycles. The Labute approximate surface area is 96.9 Å². The monoisotopic (exact) mass is 239 g/mol. The quantitative estimate of drug-likeness (QED) is 0.895. The molecule has 3 nitrogen and oxygen atoms in total. The van der Waals surface area contributed by atoms with Crippen LogP contribution in [0.3, 0.4) is 0 Å². The largest absolute Gasteiger partial charge is 0.330 e. The minimum Gasteiger partial charge on any atom is -0.330 e. The third-order valence-corrected chi connectivity index (χ3v) is 3.20. The zero-order valence-electron chi connectivity index (χ0n) is 7.98. The molecule has 0 spiro atoms. The van der Waals surface area contributed by atoms with Gasteiger partial charge in [-0.2, -0.15) is 0 Å². The molecule has 1 aromatic carbocycles. The molecule has 0 aliphatic carbocycles. The van der Waals surface area contributed by atoms with Crippen LogP contribution >= 0.6 is 22.9 Å². The van der Waals surface area contributed by atoms with E-state index in [1.807, 2.05) is 24.3 Å². The number of hydrogen-bond acceptors (Lipinski definition) is 4. The van der Waals surface area contributed by atoms with Gasteiger partial charge in [0.2, 0.25) is 0 Å². The minimum absolute atomic E-state index is 0.606. The van der Waals surface area contributed by atoms with Crippen molar-refractivity contribution < 1.29 is 0 Å². The van der Waals surface area contributed by atoms with Gasteiger partial charge >= 0.3 is 0 Å². The first-order valence-corrected chi connectivity index (χ1v) is 5.77. The maximum absolute atomic E-state index is 5.80. The third kappa shape index (κ3) is 2.53. The van der Waals surface area contributed by atoms with Crippen molar-refractivity contribution in [1.82, 2.24) is 10.2 Å². The van der Waals surface area contributed by atoms with Crippen LogP contribution < -0.4 is 5.73 Å². The topological polar surface area (TPSA) is 51.8 Å². The van der Waals surface area contributed by atoms with Crippen LogP contribution in [0.2, 0.25) is 5.02 Å². The van der Waals surface area contributed by atoms with Crippen molar-refractivity contribution in [3.05, 3.63) is 34.3 Å². The Hall–Kier alpha value is -0.970. The fourth-order valence-electron chi connectivity index (χ4n) is 1.19. The van der Waals surface area contributed by atoms with Gasteiger partial charge in [0.05, 0.1) is 0 Å². The Morgan fingerprint density at radius 1 is 1.20 bits per heavy atom. The maximum Gasteiger partial charge on any atom is 0.147 e. The van der Waals surface area contributed by atoms with Crippen molar-refractivity contribution in [3.8, 4) is 10.6 Å². The average Bonchev–Trinajstić information content (AvgIpc) is 2.68. The first-order chi connectivity index (χ1) is 7.29. The van der Waals surface area contributed by atoms with E-state index in [9.17, 15) is 0 Å². The van der Waals surface area contributed by atoms with E-state index in [0.717, 1.165) is 27.0 Å². The van der Waals surface area contributed by atoms with Crippen molar-refractivity contribution in [2.24, 2.45) is 5.73 Å². The summed E-state index contributed by atoms with van der Waals surface area (Å²) in [5, 5.41) is 10.8. The molecule has 2 rings (SSSR count). The zero-order chi connectivity index (χ0) is 10.7. The van der Waals surface area contributed by atoms with Crippen LogP contribution in [0.4, 0.5) is 0 Å². The Morgan fingerprint density at radius 2 is 1.93 bits per heavy atom. The van der Waals surface area contributed by atoms with E-state index in [4.69, 9.17) is 17.3 Å². The second kappa shape index (κ2) is 4.70. The maximum atomic E-state index is 5.80. The van der Waals surface area contributed by atoms with E-state index >= 15 is 0 Å². The van der Waals surface area contributed by atoms with Crippen LogP contribution in [0.1, 0.15) is 5.01 Å². The molecule has 2 aromatic rings. The van der Waals surface area contributed by atoms with Gasteiger partial charge in [0, 0.05) is 17.0 Å². The van der Waals surface area contributed by atoms with Crippen molar-refractivity contribution >= 4 is 22.9 Å². The molecular formula is C10H10ClN3S. The van der Waals surface area contributed by atoms with Gasteiger partial charge in [-0.15, -0.1) is 10.2 Å². The van der Waals surface area contributed by atoms with Gasteiger partial charge in [-0.05, 0) is 18.7 Å². The number of halogens is 1. The first-order valence-electron chi connectivity index (χ1n) is 4.58. The summed E-state index contributed by atoms with van der Waals surface area (Å²) in [5.74, 6) is 0. The van der Waals surface area contributed by atoms with Gasteiger partial charge in [-0.3, -0.25) is 0 Å². The summed E-state index contributed by atoms with van der Waals surface area (Å²) in [7, 11) is 0. The van der Waals surface area contributed by atoms with E-state index in [1.165, 1.54) is 0 Å².